The van der Waals surface area contributed by atoms with Gasteiger partial charge in [-0.2, -0.15) is 0 Å². The van der Waals surface area contributed by atoms with Crippen LogP contribution in [0.1, 0.15) is 24.8 Å². The Kier molecular flexibility index (Phi) is 6.09. The van der Waals surface area contributed by atoms with Gasteiger partial charge in [-0.15, -0.1) is 0 Å². The average molecular weight is 334 g/mol. The molecular weight excluding hydrogens is 311 g/mol. The summed E-state index contributed by atoms with van der Waals surface area (Å²) in [5.41, 5.74) is -0.498. The number of carbonyl (C=O) groups is 2. The number of aliphatic hydroxyl groups is 1. The van der Waals surface area contributed by atoms with E-state index in [0.29, 0.717) is 31.5 Å². The van der Waals surface area contributed by atoms with Gasteiger partial charge in [0.2, 0.25) is 11.8 Å². The molecule has 1 aromatic rings. The predicted molar refractivity (Wildman–Crippen MR) is 88.7 cm³/mol. The van der Waals surface area contributed by atoms with Crippen molar-refractivity contribution in [2.24, 2.45) is 0 Å². The lowest BCUT2D eigenvalue weighted by molar-refractivity contribution is -0.135. The molecule has 1 aromatic carbocycles. The van der Waals surface area contributed by atoms with Crippen molar-refractivity contribution in [1.82, 2.24) is 10.2 Å². The van der Waals surface area contributed by atoms with E-state index in [9.17, 15) is 19.1 Å². The lowest BCUT2D eigenvalue weighted by Crippen LogP contribution is -2.48. The second-order valence-corrected chi connectivity index (χ2v) is 6.12. The number of nitrogens with one attached hydrogen (secondary N) is 1. The largest absolute Gasteiger partial charge is 0.389 e. The lowest BCUT2D eigenvalue weighted by atomic mass is 9.85. The molecule has 0 bridgehead atoms. The third-order valence-electron chi connectivity index (χ3n) is 4.35. The maximum Gasteiger partial charge on any atom is 0.243 e. The topological polar surface area (TPSA) is 69.6 Å². The molecule has 0 aliphatic carbocycles. The first-order valence-corrected chi connectivity index (χ1v) is 8.07. The SMILES string of the molecule is C=CC(=O)NCCC(=O)N1CCC(O)(Cc2ccccc2F)CC1. The van der Waals surface area contributed by atoms with Gasteiger partial charge in [0.15, 0.2) is 0 Å². The van der Waals surface area contributed by atoms with Crippen LogP contribution in [0.4, 0.5) is 4.39 Å². The molecule has 0 spiro atoms. The molecule has 0 saturated carbocycles. The molecule has 6 heteroatoms. The molecule has 2 N–H and O–H groups in total. The monoisotopic (exact) mass is 334 g/mol. The van der Waals surface area contributed by atoms with E-state index >= 15 is 0 Å². The van der Waals surface area contributed by atoms with E-state index in [0.717, 1.165) is 6.08 Å². The summed E-state index contributed by atoms with van der Waals surface area (Å²) in [5, 5.41) is 13.2. The van der Waals surface area contributed by atoms with Gasteiger partial charge < -0.3 is 15.3 Å². The number of nitrogens with zero attached hydrogens (tertiary/aromatic N) is 1. The van der Waals surface area contributed by atoms with Crippen LogP contribution in [0.2, 0.25) is 0 Å². The van der Waals surface area contributed by atoms with E-state index < -0.39 is 5.60 Å². The van der Waals surface area contributed by atoms with Crippen molar-refractivity contribution in [3.05, 3.63) is 48.3 Å². The summed E-state index contributed by atoms with van der Waals surface area (Å²) in [7, 11) is 0. The number of benzene rings is 1. The van der Waals surface area contributed by atoms with Crippen LogP contribution in [0.15, 0.2) is 36.9 Å². The van der Waals surface area contributed by atoms with Gasteiger partial charge >= 0.3 is 0 Å². The van der Waals surface area contributed by atoms with Crippen LogP contribution in [0.5, 0.6) is 0 Å². The van der Waals surface area contributed by atoms with Crippen molar-refractivity contribution in [3.63, 3.8) is 0 Å². The van der Waals surface area contributed by atoms with E-state index in [1.54, 1.807) is 23.1 Å². The normalized spacial score (nSPS) is 16.5. The zero-order valence-corrected chi connectivity index (χ0v) is 13.6. The first-order valence-electron chi connectivity index (χ1n) is 8.07. The van der Waals surface area contributed by atoms with Gasteiger partial charge in [0, 0.05) is 32.5 Å². The molecule has 1 aliphatic rings. The number of hydrogen-bond donors (Lipinski definition) is 2. The molecule has 2 rings (SSSR count). The summed E-state index contributed by atoms with van der Waals surface area (Å²) in [6.45, 7) is 4.47. The number of likely N-dealkylation sites (tertiary alicyclic amines) is 1. The molecule has 24 heavy (non-hydrogen) atoms. The highest BCUT2D eigenvalue weighted by atomic mass is 19.1. The Morgan fingerprint density at radius 3 is 2.62 bits per heavy atom. The van der Waals surface area contributed by atoms with Gasteiger partial charge in [-0.3, -0.25) is 9.59 Å². The number of rotatable bonds is 6. The molecule has 1 fully saturated rings. The highest BCUT2D eigenvalue weighted by Crippen LogP contribution is 2.27. The van der Waals surface area contributed by atoms with Gasteiger partial charge in [-0.05, 0) is 30.5 Å². The minimum atomic E-state index is -0.990. The molecule has 1 aliphatic heterocycles. The van der Waals surface area contributed by atoms with E-state index in [4.69, 9.17) is 0 Å². The Balaban J connectivity index is 1.81. The third kappa shape index (κ3) is 4.89. The molecule has 0 aromatic heterocycles. The second-order valence-electron chi connectivity index (χ2n) is 6.12. The van der Waals surface area contributed by atoms with Crippen LogP contribution in [-0.2, 0) is 16.0 Å². The number of halogens is 1. The zero-order chi connectivity index (χ0) is 17.6. The summed E-state index contributed by atoms with van der Waals surface area (Å²) in [6, 6.07) is 6.43. The minimum absolute atomic E-state index is 0.0627. The van der Waals surface area contributed by atoms with E-state index in [-0.39, 0.29) is 37.0 Å². The fraction of sp³-hybridized carbons (Fsp3) is 0.444. The van der Waals surface area contributed by atoms with Crippen LogP contribution < -0.4 is 5.32 Å². The second kappa shape index (κ2) is 8.06. The third-order valence-corrected chi connectivity index (χ3v) is 4.35. The average Bonchev–Trinajstić information content (AvgIpc) is 2.57. The summed E-state index contributed by atoms with van der Waals surface area (Å²) < 4.78 is 13.7. The van der Waals surface area contributed by atoms with Crippen molar-refractivity contribution in [3.8, 4) is 0 Å². The fourth-order valence-electron chi connectivity index (χ4n) is 2.87. The predicted octanol–water partition coefficient (Wildman–Crippen LogP) is 1.41. The maximum atomic E-state index is 13.7. The summed E-state index contributed by atoms with van der Waals surface area (Å²) in [5.74, 6) is -0.685. The summed E-state index contributed by atoms with van der Waals surface area (Å²) >= 11 is 0. The molecule has 130 valence electrons. The Bertz CT molecular complexity index is 610. The zero-order valence-electron chi connectivity index (χ0n) is 13.6. The Hall–Kier alpha value is -2.21. The van der Waals surface area contributed by atoms with Crippen LogP contribution >= 0.6 is 0 Å². The van der Waals surface area contributed by atoms with Crippen molar-refractivity contribution in [2.45, 2.75) is 31.3 Å². The Labute approximate surface area is 141 Å². The van der Waals surface area contributed by atoms with Gasteiger partial charge in [0.25, 0.3) is 0 Å². The summed E-state index contributed by atoms with van der Waals surface area (Å²) in [6.07, 6.45) is 2.44. The van der Waals surface area contributed by atoms with Crippen molar-refractivity contribution < 1.29 is 19.1 Å². The van der Waals surface area contributed by atoms with E-state index in [2.05, 4.69) is 11.9 Å². The standard InChI is InChI=1S/C18H23FN2O3/c1-2-16(22)20-10-7-17(23)21-11-8-18(24,9-12-21)13-14-5-3-4-6-15(14)19/h2-6,24H,1,7-13H2,(H,20,22). The van der Waals surface area contributed by atoms with Crippen LogP contribution in [0, 0.1) is 5.82 Å². The lowest BCUT2D eigenvalue weighted by Gasteiger charge is -2.38. The van der Waals surface area contributed by atoms with E-state index in [1.807, 2.05) is 0 Å². The smallest absolute Gasteiger partial charge is 0.243 e. The summed E-state index contributed by atoms with van der Waals surface area (Å²) in [4.78, 5) is 24.8. The molecule has 2 amide bonds. The molecule has 0 unspecified atom stereocenters. The maximum absolute atomic E-state index is 13.7. The van der Waals surface area contributed by atoms with Gasteiger partial charge in [-0.1, -0.05) is 24.8 Å². The van der Waals surface area contributed by atoms with Crippen LogP contribution in [0.25, 0.3) is 0 Å². The quantitative estimate of drug-likeness (QED) is 0.773. The Morgan fingerprint density at radius 2 is 2.00 bits per heavy atom. The molecule has 0 radical (unpaired) electrons. The molecule has 1 heterocycles. The van der Waals surface area contributed by atoms with E-state index in [1.165, 1.54) is 6.07 Å². The van der Waals surface area contributed by atoms with Crippen LogP contribution in [-0.4, -0.2) is 47.1 Å². The van der Waals surface area contributed by atoms with Gasteiger partial charge in [-0.25, -0.2) is 4.39 Å². The minimum Gasteiger partial charge on any atom is -0.389 e. The van der Waals surface area contributed by atoms with Crippen molar-refractivity contribution in [1.29, 1.82) is 0 Å². The molecular formula is C18H23FN2O3. The number of hydrogen-bond acceptors (Lipinski definition) is 3. The Morgan fingerprint density at radius 1 is 1.33 bits per heavy atom. The number of piperidine rings is 1. The number of amides is 2. The highest BCUT2D eigenvalue weighted by Gasteiger charge is 2.34. The first-order chi connectivity index (χ1) is 11.4. The van der Waals surface area contributed by atoms with Crippen LogP contribution in [0.3, 0.4) is 0 Å². The van der Waals surface area contributed by atoms with Gasteiger partial charge in [0.1, 0.15) is 5.82 Å². The highest BCUT2D eigenvalue weighted by molar-refractivity contribution is 5.87. The van der Waals surface area contributed by atoms with Gasteiger partial charge in [0.05, 0.1) is 5.60 Å². The molecule has 5 nitrogen and oxygen atoms in total. The number of carbonyl (C=O) groups excluding carboxylic acids is 2. The van der Waals surface area contributed by atoms with Crippen molar-refractivity contribution >= 4 is 11.8 Å². The fourth-order valence-corrected chi connectivity index (χ4v) is 2.87. The van der Waals surface area contributed by atoms with Crippen molar-refractivity contribution in [2.75, 3.05) is 19.6 Å². The first kappa shape index (κ1) is 18.1. The molecule has 1 saturated heterocycles. The molecule has 0 atom stereocenters.